The zero-order chi connectivity index (χ0) is 9.10. The van der Waals surface area contributed by atoms with E-state index in [0.29, 0.717) is 6.54 Å². The lowest BCUT2D eigenvalue weighted by Crippen LogP contribution is -2.03. The van der Waals surface area contributed by atoms with Crippen molar-refractivity contribution in [2.45, 2.75) is 6.42 Å². The highest BCUT2D eigenvalue weighted by molar-refractivity contribution is 7.13. The van der Waals surface area contributed by atoms with Crippen molar-refractivity contribution in [3.8, 4) is 10.6 Å². The average molecular weight is 195 g/mol. The van der Waals surface area contributed by atoms with Crippen LogP contribution in [0.15, 0.2) is 22.4 Å². The predicted octanol–water partition coefficient (Wildman–Crippen LogP) is 1.30. The predicted molar refractivity (Wildman–Crippen MR) is 50.4 cm³/mol. The molecule has 2 heterocycles. The summed E-state index contributed by atoms with van der Waals surface area (Å²) in [7, 11) is 0. The van der Waals surface area contributed by atoms with Crippen LogP contribution >= 0.6 is 11.3 Å². The van der Waals surface area contributed by atoms with Crippen LogP contribution in [-0.2, 0) is 6.42 Å². The Kier molecular flexibility index (Phi) is 2.37. The summed E-state index contributed by atoms with van der Waals surface area (Å²) in [4.78, 5) is 5.27. The van der Waals surface area contributed by atoms with Crippen LogP contribution in [0, 0.1) is 0 Å². The Morgan fingerprint density at radius 3 is 3.15 bits per heavy atom. The van der Waals surface area contributed by atoms with E-state index in [0.717, 1.165) is 22.7 Å². The summed E-state index contributed by atoms with van der Waals surface area (Å²) in [6, 6.07) is 1.83. The van der Waals surface area contributed by atoms with Crippen molar-refractivity contribution >= 4 is 11.3 Å². The summed E-state index contributed by atoms with van der Waals surface area (Å²) in [6.07, 6.45) is 2.34. The standard InChI is InChI=1S/C8H9N3OS/c9-3-1-6-8(13-5-10-6)7-2-4-12-11-7/h2,4-5H,1,3,9H2. The number of hydrogen-bond donors (Lipinski definition) is 1. The summed E-state index contributed by atoms with van der Waals surface area (Å²) in [5.74, 6) is 0. The Hall–Kier alpha value is -1.20. The van der Waals surface area contributed by atoms with Crippen LogP contribution < -0.4 is 5.73 Å². The third-order valence-corrected chi connectivity index (χ3v) is 2.58. The molecular formula is C8H9N3OS. The number of nitrogens with two attached hydrogens (primary N) is 1. The first kappa shape index (κ1) is 8.40. The van der Waals surface area contributed by atoms with E-state index in [2.05, 4.69) is 10.1 Å². The van der Waals surface area contributed by atoms with Crippen molar-refractivity contribution in [1.82, 2.24) is 10.1 Å². The number of rotatable bonds is 3. The number of thiazole rings is 1. The van der Waals surface area contributed by atoms with Gasteiger partial charge in [-0.15, -0.1) is 11.3 Å². The third-order valence-electron chi connectivity index (χ3n) is 1.69. The fraction of sp³-hybridized carbons (Fsp3) is 0.250. The highest BCUT2D eigenvalue weighted by Crippen LogP contribution is 2.25. The monoisotopic (exact) mass is 195 g/mol. The quantitative estimate of drug-likeness (QED) is 0.801. The molecule has 13 heavy (non-hydrogen) atoms. The zero-order valence-electron chi connectivity index (χ0n) is 6.93. The zero-order valence-corrected chi connectivity index (χ0v) is 7.75. The van der Waals surface area contributed by atoms with Gasteiger partial charge in [0.05, 0.1) is 16.1 Å². The summed E-state index contributed by atoms with van der Waals surface area (Å²) in [5.41, 5.74) is 9.10. The van der Waals surface area contributed by atoms with E-state index in [1.165, 1.54) is 0 Å². The maximum Gasteiger partial charge on any atom is 0.125 e. The molecule has 0 aliphatic heterocycles. The fourth-order valence-electron chi connectivity index (χ4n) is 1.12. The van der Waals surface area contributed by atoms with E-state index >= 15 is 0 Å². The number of hydrogen-bond acceptors (Lipinski definition) is 5. The lowest BCUT2D eigenvalue weighted by atomic mass is 10.2. The smallest absolute Gasteiger partial charge is 0.125 e. The minimum absolute atomic E-state index is 0.606. The lowest BCUT2D eigenvalue weighted by Gasteiger charge is -1.94. The van der Waals surface area contributed by atoms with Crippen LogP contribution in [0.1, 0.15) is 5.69 Å². The molecule has 0 spiro atoms. The Morgan fingerprint density at radius 1 is 1.54 bits per heavy atom. The first-order chi connectivity index (χ1) is 6.42. The maximum absolute atomic E-state index is 5.46. The Labute approximate surface area is 79.4 Å². The van der Waals surface area contributed by atoms with Gasteiger partial charge in [-0.2, -0.15) is 0 Å². The molecule has 0 amide bonds. The molecule has 0 fully saturated rings. The third kappa shape index (κ3) is 1.61. The molecule has 0 aliphatic carbocycles. The van der Waals surface area contributed by atoms with Gasteiger partial charge < -0.3 is 10.3 Å². The minimum Gasteiger partial charge on any atom is -0.364 e. The van der Waals surface area contributed by atoms with Gasteiger partial charge in [0.2, 0.25) is 0 Å². The molecule has 4 nitrogen and oxygen atoms in total. The topological polar surface area (TPSA) is 64.9 Å². The second-order valence-electron chi connectivity index (χ2n) is 2.55. The molecular weight excluding hydrogens is 186 g/mol. The molecule has 68 valence electrons. The number of aromatic nitrogens is 2. The van der Waals surface area contributed by atoms with Crippen molar-refractivity contribution in [1.29, 1.82) is 0 Å². The van der Waals surface area contributed by atoms with Crippen LogP contribution in [0.4, 0.5) is 0 Å². The second kappa shape index (κ2) is 3.68. The molecule has 5 heteroatoms. The van der Waals surface area contributed by atoms with Gasteiger partial charge >= 0.3 is 0 Å². The molecule has 0 aliphatic rings. The first-order valence-electron chi connectivity index (χ1n) is 3.95. The van der Waals surface area contributed by atoms with Gasteiger partial charge in [-0.25, -0.2) is 4.98 Å². The van der Waals surface area contributed by atoms with Gasteiger partial charge in [0, 0.05) is 12.5 Å². The molecule has 0 unspecified atom stereocenters. The summed E-state index contributed by atoms with van der Waals surface area (Å²) < 4.78 is 4.77. The van der Waals surface area contributed by atoms with E-state index in [1.54, 1.807) is 23.1 Å². The molecule has 0 saturated heterocycles. The first-order valence-corrected chi connectivity index (χ1v) is 4.83. The summed E-state index contributed by atoms with van der Waals surface area (Å²) in [5, 5.41) is 3.86. The van der Waals surface area contributed by atoms with Gasteiger partial charge in [0.25, 0.3) is 0 Å². The van der Waals surface area contributed by atoms with Crippen molar-refractivity contribution in [2.75, 3.05) is 6.54 Å². The van der Waals surface area contributed by atoms with Gasteiger partial charge in [0.1, 0.15) is 12.0 Å². The molecule has 2 N–H and O–H groups in total. The fourth-order valence-corrected chi connectivity index (χ4v) is 1.92. The Bertz CT molecular complexity index is 368. The van der Waals surface area contributed by atoms with Crippen molar-refractivity contribution in [3.63, 3.8) is 0 Å². The van der Waals surface area contributed by atoms with Crippen molar-refractivity contribution in [3.05, 3.63) is 23.5 Å². The van der Waals surface area contributed by atoms with E-state index < -0.39 is 0 Å². The highest BCUT2D eigenvalue weighted by atomic mass is 32.1. The van der Waals surface area contributed by atoms with Gasteiger partial charge in [-0.05, 0) is 6.54 Å². The number of nitrogens with zero attached hydrogens (tertiary/aromatic N) is 2. The Balaban J connectivity index is 2.35. The normalized spacial score (nSPS) is 10.5. The SMILES string of the molecule is NCCc1ncsc1-c1ccon1. The minimum atomic E-state index is 0.606. The van der Waals surface area contributed by atoms with Crippen LogP contribution in [-0.4, -0.2) is 16.7 Å². The molecule has 0 radical (unpaired) electrons. The van der Waals surface area contributed by atoms with E-state index in [1.807, 2.05) is 6.07 Å². The van der Waals surface area contributed by atoms with Gasteiger partial charge in [-0.1, -0.05) is 5.16 Å². The highest BCUT2D eigenvalue weighted by Gasteiger charge is 2.09. The van der Waals surface area contributed by atoms with Crippen LogP contribution in [0.2, 0.25) is 0 Å². The molecule has 0 bridgehead atoms. The van der Waals surface area contributed by atoms with E-state index in [-0.39, 0.29) is 0 Å². The average Bonchev–Trinajstić information content (AvgIpc) is 2.71. The molecule has 0 aromatic carbocycles. The summed E-state index contributed by atoms with van der Waals surface area (Å²) in [6.45, 7) is 0.606. The second-order valence-corrected chi connectivity index (χ2v) is 3.41. The van der Waals surface area contributed by atoms with Crippen molar-refractivity contribution in [2.24, 2.45) is 5.73 Å². The van der Waals surface area contributed by atoms with Crippen molar-refractivity contribution < 1.29 is 4.52 Å². The molecule has 0 saturated carbocycles. The Morgan fingerprint density at radius 2 is 2.46 bits per heavy atom. The molecule has 2 aromatic rings. The van der Waals surface area contributed by atoms with Crippen LogP contribution in [0.3, 0.4) is 0 Å². The van der Waals surface area contributed by atoms with Crippen LogP contribution in [0.25, 0.3) is 10.6 Å². The largest absolute Gasteiger partial charge is 0.364 e. The van der Waals surface area contributed by atoms with E-state index in [4.69, 9.17) is 10.3 Å². The lowest BCUT2D eigenvalue weighted by molar-refractivity contribution is 0.422. The molecule has 0 atom stereocenters. The molecule has 2 aromatic heterocycles. The van der Waals surface area contributed by atoms with Gasteiger partial charge in [0.15, 0.2) is 0 Å². The van der Waals surface area contributed by atoms with Gasteiger partial charge in [-0.3, -0.25) is 0 Å². The summed E-state index contributed by atoms with van der Waals surface area (Å²) >= 11 is 1.56. The molecule has 2 rings (SSSR count). The van der Waals surface area contributed by atoms with E-state index in [9.17, 15) is 0 Å². The maximum atomic E-state index is 5.46. The van der Waals surface area contributed by atoms with Crippen LogP contribution in [0.5, 0.6) is 0 Å².